The minimum Gasteiger partial charge on any atom is -0.356 e. The van der Waals surface area contributed by atoms with E-state index in [2.05, 4.69) is 12.2 Å². The summed E-state index contributed by atoms with van der Waals surface area (Å²) in [5.41, 5.74) is 7.47. The highest BCUT2D eigenvalue weighted by atomic mass is 16.2. The van der Waals surface area contributed by atoms with E-state index >= 15 is 0 Å². The van der Waals surface area contributed by atoms with E-state index in [1.54, 1.807) is 0 Å². The zero-order chi connectivity index (χ0) is 15.0. The molecule has 0 saturated heterocycles. The molecule has 4 heteroatoms. The van der Waals surface area contributed by atoms with Gasteiger partial charge in [0, 0.05) is 31.0 Å². The van der Waals surface area contributed by atoms with Crippen molar-refractivity contribution in [2.24, 2.45) is 5.73 Å². The summed E-state index contributed by atoms with van der Waals surface area (Å²) in [6.45, 7) is 4.54. The number of carbonyl (C=O) groups is 2. The highest BCUT2D eigenvalue weighted by Crippen LogP contribution is 2.08. The molecule has 0 heterocycles. The lowest BCUT2D eigenvalue weighted by atomic mass is 10.0. The van der Waals surface area contributed by atoms with Crippen molar-refractivity contribution in [2.75, 3.05) is 6.54 Å². The van der Waals surface area contributed by atoms with Gasteiger partial charge in [0.15, 0.2) is 5.78 Å². The Hall–Kier alpha value is -1.68. The molecule has 1 rings (SSSR count). The Kier molecular flexibility index (Phi) is 6.94. The monoisotopic (exact) mass is 276 g/mol. The molecule has 0 bridgehead atoms. The number of hydrogen-bond acceptors (Lipinski definition) is 3. The van der Waals surface area contributed by atoms with Crippen molar-refractivity contribution in [3.63, 3.8) is 0 Å². The third-order valence-corrected chi connectivity index (χ3v) is 3.19. The lowest BCUT2D eigenvalue weighted by Crippen LogP contribution is -2.29. The van der Waals surface area contributed by atoms with E-state index in [0.717, 1.165) is 12.8 Å². The molecule has 0 fully saturated rings. The summed E-state index contributed by atoms with van der Waals surface area (Å²) in [5, 5.41) is 2.77. The van der Waals surface area contributed by atoms with Gasteiger partial charge in [0.1, 0.15) is 0 Å². The number of aryl methyl sites for hydroxylation is 1. The number of hydrogen-bond donors (Lipinski definition) is 2. The van der Waals surface area contributed by atoms with Gasteiger partial charge < -0.3 is 11.1 Å². The predicted octanol–water partition coefficient (Wildman–Crippen LogP) is 2.07. The Labute approximate surface area is 120 Å². The Bertz CT molecular complexity index is 438. The fourth-order valence-electron chi connectivity index (χ4n) is 1.83. The zero-order valence-electron chi connectivity index (χ0n) is 12.3. The second-order valence-corrected chi connectivity index (χ2v) is 5.09. The van der Waals surface area contributed by atoms with Gasteiger partial charge in [-0.15, -0.1) is 0 Å². The van der Waals surface area contributed by atoms with E-state index in [-0.39, 0.29) is 30.6 Å². The van der Waals surface area contributed by atoms with Crippen LogP contribution in [0.25, 0.3) is 0 Å². The van der Waals surface area contributed by atoms with Crippen molar-refractivity contribution in [2.45, 2.75) is 45.6 Å². The molecule has 1 unspecified atom stereocenters. The first-order chi connectivity index (χ1) is 9.52. The highest BCUT2D eigenvalue weighted by Gasteiger charge is 2.09. The first kappa shape index (κ1) is 16.4. The molecule has 4 nitrogen and oxygen atoms in total. The minimum absolute atomic E-state index is 0.00926. The number of benzene rings is 1. The molecule has 0 aliphatic rings. The van der Waals surface area contributed by atoms with Crippen LogP contribution in [0.4, 0.5) is 0 Å². The lowest BCUT2D eigenvalue weighted by molar-refractivity contribution is -0.121. The molecule has 20 heavy (non-hydrogen) atoms. The molecular formula is C16H24N2O2. The summed E-state index contributed by atoms with van der Waals surface area (Å²) in [4.78, 5) is 23.5. The topological polar surface area (TPSA) is 72.2 Å². The predicted molar refractivity (Wildman–Crippen MR) is 80.7 cm³/mol. The van der Waals surface area contributed by atoms with Gasteiger partial charge in [0.2, 0.25) is 5.91 Å². The maximum Gasteiger partial charge on any atom is 0.220 e. The Morgan fingerprint density at radius 1 is 1.20 bits per heavy atom. The van der Waals surface area contributed by atoms with Gasteiger partial charge in [-0.05, 0) is 25.3 Å². The van der Waals surface area contributed by atoms with Gasteiger partial charge in [-0.25, -0.2) is 0 Å². The van der Waals surface area contributed by atoms with Crippen LogP contribution in [-0.4, -0.2) is 24.3 Å². The molecule has 0 aliphatic heterocycles. The van der Waals surface area contributed by atoms with Gasteiger partial charge >= 0.3 is 0 Å². The van der Waals surface area contributed by atoms with E-state index in [1.165, 1.54) is 5.56 Å². The number of nitrogens with one attached hydrogen (secondary N) is 1. The summed E-state index contributed by atoms with van der Waals surface area (Å²) in [7, 11) is 0. The van der Waals surface area contributed by atoms with Crippen LogP contribution in [0.15, 0.2) is 24.3 Å². The SMILES string of the molecule is CCc1ccc(C(=O)CCC(=O)NCCC(C)N)cc1. The van der Waals surface area contributed by atoms with E-state index in [1.807, 2.05) is 31.2 Å². The number of rotatable bonds is 8. The first-order valence-electron chi connectivity index (χ1n) is 7.17. The molecule has 1 aromatic carbocycles. The molecule has 110 valence electrons. The van der Waals surface area contributed by atoms with Crippen LogP contribution in [0.3, 0.4) is 0 Å². The summed E-state index contributed by atoms with van der Waals surface area (Å²) in [5.74, 6) is -0.0841. The average Bonchev–Trinajstić information content (AvgIpc) is 2.44. The number of carbonyl (C=O) groups excluding carboxylic acids is 2. The van der Waals surface area contributed by atoms with Crippen LogP contribution >= 0.6 is 0 Å². The van der Waals surface area contributed by atoms with Crippen LogP contribution in [-0.2, 0) is 11.2 Å². The van der Waals surface area contributed by atoms with E-state index in [0.29, 0.717) is 12.1 Å². The molecule has 0 aliphatic carbocycles. The van der Waals surface area contributed by atoms with Crippen LogP contribution in [0.5, 0.6) is 0 Å². The second-order valence-electron chi connectivity index (χ2n) is 5.09. The third-order valence-electron chi connectivity index (χ3n) is 3.19. The maximum atomic E-state index is 11.9. The van der Waals surface area contributed by atoms with E-state index < -0.39 is 0 Å². The number of ketones is 1. The molecule has 1 amide bonds. The van der Waals surface area contributed by atoms with Crippen molar-refractivity contribution >= 4 is 11.7 Å². The van der Waals surface area contributed by atoms with Gasteiger partial charge in [0.25, 0.3) is 0 Å². The molecule has 1 atom stereocenters. The summed E-state index contributed by atoms with van der Waals surface area (Å²) in [6.07, 6.45) is 2.18. The average molecular weight is 276 g/mol. The van der Waals surface area contributed by atoms with E-state index in [4.69, 9.17) is 5.73 Å². The van der Waals surface area contributed by atoms with Crippen molar-refractivity contribution in [3.8, 4) is 0 Å². The molecular weight excluding hydrogens is 252 g/mol. The van der Waals surface area contributed by atoms with Crippen molar-refractivity contribution in [3.05, 3.63) is 35.4 Å². The fourth-order valence-corrected chi connectivity index (χ4v) is 1.83. The Morgan fingerprint density at radius 2 is 1.85 bits per heavy atom. The number of Topliss-reactive ketones (excluding diaryl/α,β-unsaturated/α-hetero) is 1. The Balaban J connectivity index is 2.33. The number of amides is 1. The molecule has 0 aromatic heterocycles. The summed E-state index contributed by atoms with van der Waals surface area (Å²) in [6, 6.07) is 7.64. The van der Waals surface area contributed by atoms with E-state index in [9.17, 15) is 9.59 Å². The zero-order valence-corrected chi connectivity index (χ0v) is 12.3. The van der Waals surface area contributed by atoms with Crippen molar-refractivity contribution < 1.29 is 9.59 Å². The first-order valence-corrected chi connectivity index (χ1v) is 7.17. The van der Waals surface area contributed by atoms with Crippen LogP contribution < -0.4 is 11.1 Å². The van der Waals surface area contributed by atoms with Gasteiger partial charge in [-0.3, -0.25) is 9.59 Å². The van der Waals surface area contributed by atoms with Gasteiger partial charge in [-0.2, -0.15) is 0 Å². The molecule has 0 saturated carbocycles. The van der Waals surface area contributed by atoms with Crippen LogP contribution in [0, 0.1) is 0 Å². The largest absolute Gasteiger partial charge is 0.356 e. The highest BCUT2D eigenvalue weighted by molar-refractivity contribution is 5.97. The quantitative estimate of drug-likeness (QED) is 0.714. The maximum absolute atomic E-state index is 11.9. The van der Waals surface area contributed by atoms with Crippen LogP contribution in [0.1, 0.15) is 49.0 Å². The third kappa shape index (κ3) is 5.97. The minimum atomic E-state index is -0.0934. The standard InChI is InChI=1S/C16H24N2O2/c1-3-13-4-6-14(7-5-13)15(19)8-9-16(20)18-11-10-12(2)17/h4-7,12H,3,8-11,17H2,1-2H3,(H,18,20). The van der Waals surface area contributed by atoms with Crippen molar-refractivity contribution in [1.29, 1.82) is 0 Å². The Morgan fingerprint density at radius 3 is 2.40 bits per heavy atom. The van der Waals surface area contributed by atoms with Crippen LogP contribution in [0.2, 0.25) is 0 Å². The lowest BCUT2D eigenvalue weighted by Gasteiger charge is -2.07. The van der Waals surface area contributed by atoms with Gasteiger partial charge in [-0.1, -0.05) is 31.2 Å². The fraction of sp³-hybridized carbons (Fsp3) is 0.500. The van der Waals surface area contributed by atoms with Gasteiger partial charge in [0.05, 0.1) is 0 Å². The molecule has 3 N–H and O–H groups in total. The molecule has 0 radical (unpaired) electrons. The second kappa shape index (κ2) is 8.48. The number of nitrogens with two attached hydrogens (primary N) is 1. The molecule has 0 spiro atoms. The van der Waals surface area contributed by atoms with Crippen molar-refractivity contribution in [1.82, 2.24) is 5.32 Å². The molecule has 1 aromatic rings. The summed E-state index contributed by atoms with van der Waals surface area (Å²) < 4.78 is 0. The smallest absolute Gasteiger partial charge is 0.220 e. The normalized spacial score (nSPS) is 11.9. The summed E-state index contributed by atoms with van der Waals surface area (Å²) >= 11 is 0.